The van der Waals surface area contributed by atoms with Crippen molar-refractivity contribution in [1.82, 2.24) is 21.5 Å². The van der Waals surface area contributed by atoms with E-state index in [1.54, 1.807) is 7.11 Å². The number of carbonyl (C=O) groups excluding carboxylic acids is 1. The molecule has 2 unspecified atom stereocenters. The van der Waals surface area contributed by atoms with Crippen molar-refractivity contribution in [2.75, 3.05) is 138 Å². The lowest BCUT2D eigenvalue weighted by molar-refractivity contribution is -0.122. The van der Waals surface area contributed by atoms with Crippen molar-refractivity contribution in [1.29, 1.82) is 0 Å². The molecule has 0 heterocycles. The first-order valence-corrected chi connectivity index (χ1v) is 19.4. The highest BCUT2D eigenvalue weighted by molar-refractivity contribution is 6.30. The van der Waals surface area contributed by atoms with Crippen molar-refractivity contribution in [3.05, 3.63) is 59.1 Å². The fourth-order valence-corrected chi connectivity index (χ4v) is 4.86. The third kappa shape index (κ3) is 26.7. The van der Waals surface area contributed by atoms with E-state index in [4.69, 9.17) is 60.0 Å². The fourth-order valence-electron chi connectivity index (χ4n) is 4.73. The van der Waals surface area contributed by atoms with E-state index in [1.165, 1.54) is 0 Å². The van der Waals surface area contributed by atoms with Crippen LogP contribution in [0.5, 0.6) is 5.75 Å². The Hall–Kier alpha value is -2.68. The number of carbonyl (C=O) groups is 1. The second-order valence-corrected chi connectivity index (χ2v) is 12.3. The smallest absolute Gasteiger partial charge is 0.221 e. The van der Waals surface area contributed by atoms with Crippen LogP contribution in [0.25, 0.3) is 0 Å². The quantitative estimate of drug-likeness (QED) is 0.0329. The summed E-state index contributed by atoms with van der Waals surface area (Å²) in [4.78, 5) is 13.1. The van der Waals surface area contributed by atoms with Crippen LogP contribution in [0.3, 0.4) is 0 Å². The van der Waals surface area contributed by atoms with Gasteiger partial charge in [-0.05, 0) is 42.0 Å². The van der Waals surface area contributed by atoms with Crippen LogP contribution in [0.4, 0.5) is 5.69 Å². The van der Waals surface area contributed by atoms with Gasteiger partial charge in [0.15, 0.2) is 0 Å². The summed E-state index contributed by atoms with van der Waals surface area (Å²) in [5.41, 5.74) is 13.8. The van der Waals surface area contributed by atoms with Gasteiger partial charge in [0.2, 0.25) is 5.91 Å². The number of hydrazine groups is 1. The molecule has 0 aliphatic carbocycles. The van der Waals surface area contributed by atoms with Crippen LogP contribution < -0.4 is 37.3 Å². The predicted molar refractivity (Wildman–Crippen MR) is 213 cm³/mol. The third-order valence-electron chi connectivity index (χ3n) is 7.57. The van der Waals surface area contributed by atoms with E-state index >= 15 is 0 Å². The Morgan fingerprint density at radius 1 is 0.673 bits per heavy atom. The molecule has 0 saturated heterocycles. The van der Waals surface area contributed by atoms with Gasteiger partial charge in [-0.25, -0.2) is 5.43 Å². The maximum Gasteiger partial charge on any atom is 0.221 e. The second kappa shape index (κ2) is 34.6. The number of anilines is 1. The standard InChI is InChI=1S/C38H65ClN6O10/c1-3-43-45-38(44-34-8-10-35(47-2)11-9-34)36(42-31-32-4-6-33(39)7-5-32)30-37(46)41-13-15-49-17-19-51-21-23-53-25-27-55-29-28-54-26-24-52-22-20-50-18-16-48-14-12-40/h4-11,36,38,42-45H,3,12-31,40H2,1-2H3,(H,41,46). The number of ether oxygens (including phenoxy) is 9. The maximum atomic E-state index is 13.1. The average Bonchev–Trinajstić information content (AvgIpc) is 3.20. The number of methoxy groups -OCH3 is 1. The highest BCUT2D eigenvalue weighted by atomic mass is 35.5. The molecular formula is C38H65ClN6O10. The number of rotatable bonds is 38. The zero-order valence-corrected chi connectivity index (χ0v) is 33.4. The van der Waals surface area contributed by atoms with Crippen molar-refractivity contribution in [2.24, 2.45) is 5.73 Å². The van der Waals surface area contributed by atoms with Crippen LogP contribution in [0, 0.1) is 0 Å². The number of benzene rings is 2. The topological polar surface area (TPSA) is 186 Å². The van der Waals surface area contributed by atoms with Crippen molar-refractivity contribution in [2.45, 2.75) is 32.1 Å². The summed E-state index contributed by atoms with van der Waals surface area (Å²) < 4.78 is 49.1. The molecule has 0 saturated carbocycles. The van der Waals surface area contributed by atoms with Crippen LogP contribution >= 0.6 is 11.6 Å². The predicted octanol–water partition coefficient (Wildman–Crippen LogP) is 1.96. The molecule has 0 aliphatic rings. The van der Waals surface area contributed by atoms with Crippen molar-refractivity contribution in [3.8, 4) is 5.75 Å². The lowest BCUT2D eigenvalue weighted by Gasteiger charge is -2.30. The van der Waals surface area contributed by atoms with Gasteiger partial charge in [-0.2, -0.15) is 0 Å². The Balaban J connectivity index is 1.51. The summed E-state index contributed by atoms with van der Waals surface area (Å²) in [5, 5.41) is 10.7. The minimum atomic E-state index is -0.331. The molecule has 2 atom stereocenters. The molecule has 17 heteroatoms. The molecule has 2 aromatic carbocycles. The lowest BCUT2D eigenvalue weighted by atomic mass is 10.1. The average molecular weight is 801 g/mol. The van der Waals surface area contributed by atoms with E-state index < -0.39 is 0 Å². The molecule has 0 radical (unpaired) electrons. The summed E-state index contributed by atoms with van der Waals surface area (Å²) in [6, 6.07) is 15.0. The molecule has 0 spiro atoms. The van der Waals surface area contributed by atoms with Crippen molar-refractivity contribution in [3.63, 3.8) is 0 Å². The second-order valence-electron chi connectivity index (χ2n) is 11.9. The van der Waals surface area contributed by atoms with Crippen LogP contribution in [0.2, 0.25) is 5.02 Å². The van der Waals surface area contributed by atoms with Crippen molar-refractivity contribution < 1.29 is 47.4 Å². The summed E-state index contributed by atoms with van der Waals surface area (Å²) in [6.45, 7) is 11.8. The van der Waals surface area contributed by atoms with E-state index in [9.17, 15) is 4.79 Å². The van der Waals surface area contributed by atoms with E-state index in [-0.39, 0.29) is 24.5 Å². The zero-order chi connectivity index (χ0) is 39.4. The summed E-state index contributed by atoms with van der Waals surface area (Å²) in [7, 11) is 1.63. The fraction of sp³-hybridized carbons (Fsp3) is 0.658. The van der Waals surface area contributed by atoms with Crippen LogP contribution in [0.1, 0.15) is 18.9 Å². The molecule has 0 fully saturated rings. The van der Waals surface area contributed by atoms with E-state index in [2.05, 4.69) is 26.8 Å². The highest BCUT2D eigenvalue weighted by Crippen LogP contribution is 2.17. The highest BCUT2D eigenvalue weighted by Gasteiger charge is 2.24. The minimum Gasteiger partial charge on any atom is -0.497 e. The Kier molecular flexibility index (Phi) is 30.5. The largest absolute Gasteiger partial charge is 0.497 e. The minimum absolute atomic E-state index is 0.106. The van der Waals surface area contributed by atoms with Gasteiger partial charge in [0.05, 0.1) is 119 Å². The Bertz CT molecular complexity index is 1180. The van der Waals surface area contributed by atoms with Gasteiger partial charge in [0, 0.05) is 43.3 Å². The molecular weight excluding hydrogens is 736 g/mol. The van der Waals surface area contributed by atoms with Crippen LogP contribution in [-0.2, 0) is 49.2 Å². The number of hydrogen-bond acceptors (Lipinski definition) is 15. The van der Waals surface area contributed by atoms with Gasteiger partial charge >= 0.3 is 0 Å². The first-order valence-electron chi connectivity index (χ1n) is 19.0. The molecule has 55 heavy (non-hydrogen) atoms. The van der Waals surface area contributed by atoms with Gasteiger partial charge in [-0.1, -0.05) is 30.7 Å². The molecule has 2 rings (SSSR count). The van der Waals surface area contributed by atoms with E-state index in [1.807, 2.05) is 55.5 Å². The van der Waals surface area contributed by atoms with Gasteiger partial charge < -0.3 is 64.3 Å². The number of hydrogen-bond donors (Lipinski definition) is 6. The monoisotopic (exact) mass is 800 g/mol. The normalized spacial score (nSPS) is 12.4. The lowest BCUT2D eigenvalue weighted by Crippen LogP contribution is -2.57. The SMILES string of the molecule is CCNNC(Nc1ccc(OC)cc1)C(CC(=O)NCCOCCOCCOCCOCCOCCOCCOCCOCCN)NCc1ccc(Cl)cc1. The summed E-state index contributed by atoms with van der Waals surface area (Å²) in [5.74, 6) is 0.655. The van der Waals surface area contributed by atoms with Crippen molar-refractivity contribution >= 4 is 23.2 Å². The number of nitrogens with one attached hydrogen (secondary N) is 5. The zero-order valence-electron chi connectivity index (χ0n) is 32.7. The number of halogens is 1. The molecule has 0 bridgehead atoms. The molecule has 0 aliphatic heterocycles. The van der Waals surface area contributed by atoms with Gasteiger partial charge in [0.25, 0.3) is 0 Å². The molecule has 1 amide bonds. The third-order valence-corrected chi connectivity index (χ3v) is 7.82. The van der Waals surface area contributed by atoms with Crippen LogP contribution in [-0.4, -0.2) is 151 Å². The molecule has 16 nitrogen and oxygen atoms in total. The first kappa shape index (κ1) is 48.5. The number of amides is 1. The van der Waals surface area contributed by atoms with Gasteiger partial charge in [-0.15, -0.1) is 0 Å². The first-order chi connectivity index (χ1) is 27.0. The molecule has 0 aromatic heterocycles. The molecule has 7 N–H and O–H groups in total. The van der Waals surface area contributed by atoms with Crippen LogP contribution in [0.15, 0.2) is 48.5 Å². The number of nitrogens with two attached hydrogens (primary N) is 1. The summed E-state index contributed by atoms with van der Waals surface area (Å²) >= 11 is 6.08. The maximum absolute atomic E-state index is 13.1. The van der Waals surface area contributed by atoms with E-state index in [0.717, 1.165) is 17.0 Å². The Labute approximate surface area is 332 Å². The molecule has 314 valence electrons. The Morgan fingerprint density at radius 3 is 1.60 bits per heavy atom. The van der Waals surface area contributed by atoms with E-state index in [0.29, 0.717) is 137 Å². The summed E-state index contributed by atoms with van der Waals surface area (Å²) in [6.07, 6.45) is -0.120. The molecule has 2 aromatic rings. The van der Waals surface area contributed by atoms with Gasteiger partial charge in [0.1, 0.15) is 11.9 Å². The Morgan fingerprint density at radius 2 is 1.15 bits per heavy atom. The van der Waals surface area contributed by atoms with Gasteiger partial charge in [-0.3, -0.25) is 10.2 Å².